The molecule has 0 heterocycles. The lowest BCUT2D eigenvalue weighted by Gasteiger charge is -2.08. The molecule has 12 heavy (non-hydrogen) atoms. The molecule has 0 saturated carbocycles. The molecule has 0 aromatic rings. The predicted molar refractivity (Wildman–Crippen MR) is 48.4 cm³/mol. The molecule has 0 fully saturated rings. The van der Waals surface area contributed by atoms with Crippen molar-refractivity contribution in [1.29, 1.82) is 0 Å². The standard InChI is InChI=1S/C9H19NO2/c1-7(2)5-9(11)10-12-6-8(3)4/h7-8H,5-6H2,1-4H3,(H,10,11). The lowest BCUT2D eigenvalue weighted by Crippen LogP contribution is -2.26. The highest BCUT2D eigenvalue weighted by molar-refractivity contribution is 5.74. The Morgan fingerprint density at radius 2 is 1.83 bits per heavy atom. The van der Waals surface area contributed by atoms with E-state index < -0.39 is 0 Å². The van der Waals surface area contributed by atoms with Crippen LogP contribution in [0.3, 0.4) is 0 Å². The van der Waals surface area contributed by atoms with Crippen molar-refractivity contribution < 1.29 is 9.63 Å². The molecule has 0 saturated heterocycles. The number of hydrogen-bond donors (Lipinski definition) is 1. The van der Waals surface area contributed by atoms with E-state index >= 15 is 0 Å². The van der Waals surface area contributed by atoms with Crippen molar-refractivity contribution in [1.82, 2.24) is 5.48 Å². The lowest BCUT2D eigenvalue weighted by atomic mass is 10.1. The summed E-state index contributed by atoms with van der Waals surface area (Å²) < 4.78 is 0. The van der Waals surface area contributed by atoms with E-state index in [4.69, 9.17) is 4.84 Å². The SMILES string of the molecule is CC(C)CONC(=O)CC(C)C. The molecule has 0 aliphatic carbocycles. The molecule has 0 radical (unpaired) electrons. The minimum Gasteiger partial charge on any atom is -0.273 e. The summed E-state index contributed by atoms with van der Waals surface area (Å²) >= 11 is 0. The molecule has 1 N–H and O–H groups in total. The third-order valence-electron chi connectivity index (χ3n) is 1.20. The van der Waals surface area contributed by atoms with Gasteiger partial charge in [-0.25, -0.2) is 5.48 Å². The van der Waals surface area contributed by atoms with Gasteiger partial charge < -0.3 is 0 Å². The van der Waals surface area contributed by atoms with Gasteiger partial charge in [-0.2, -0.15) is 0 Å². The molecular weight excluding hydrogens is 154 g/mol. The van der Waals surface area contributed by atoms with Gasteiger partial charge in [-0.3, -0.25) is 9.63 Å². The van der Waals surface area contributed by atoms with Crippen LogP contribution in [0.4, 0.5) is 0 Å². The maximum atomic E-state index is 11.0. The summed E-state index contributed by atoms with van der Waals surface area (Å²) in [5.74, 6) is 0.794. The van der Waals surface area contributed by atoms with Gasteiger partial charge in [0, 0.05) is 6.42 Å². The molecule has 0 atom stereocenters. The zero-order valence-electron chi connectivity index (χ0n) is 8.39. The summed E-state index contributed by atoms with van der Waals surface area (Å²) in [5.41, 5.74) is 2.41. The largest absolute Gasteiger partial charge is 0.273 e. The fourth-order valence-electron chi connectivity index (χ4n) is 0.701. The highest BCUT2D eigenvalue weighted by atomic mass is 16.6. The van der Waals surface area contributed by atoms with Crippen LogP contribution >= 0.6 is 0 Å². The average Bonchev–Trinajstić information content (AvgIpc) is 1.84. The number of hydroxylamine groups is 1. The number of carbonyl (C=O) groups excluding carboxylic acids is 1. The van der Waals surface area contributed by atoms with Crippen molar-refractivity contribution in [2.75, 3.05) is 6.61 Å². The van der Waals surface area contributed by atoms with Gasteiger partial charge in [0.1, 0.15) is 0 Å². The maximum Gasteiger partial charge on any atom is 0.243 e. The predicted octanol–water partition coefficient (Wildman–Crippen LogP) is 1.74. The number of nitrogens with one attached hydrogen (secondary N) is 1. The molecular formula is C9H19NO2. The van der Waals surface area contributed by atoms with E-state index in [0.29, 0.717) is 24.9 Å². The Morgan fingerprint density at radius 3 is 2.25 bits per heavy atom. The molecule has 1 amide bonds. The highest BCUT2D eigenvalue weighted by Gasteiger charge is 2.04. The van der Waals surface area contributed by atoms with Gasteiger partial charge in [0.05, 0.1) is 6.61 Å². The number of rotatable bonds is 5. The zero-order chi connectivity index (χ0) is 9.56. The van der Waals surface area contributed by atoms with E-state index in [1.807, 2.05) is 27.7 Å². The fourth-order valence-corrected chi connectivity index (χ4v) is 0.701. The van der Waals surface area contributed by atoms with Crippen LogP contribution in [0.5, 0.6) is 0 Å². The summed E-state index contributed by atoms with van der Waals surface area (Å²) in [6.07, 6.45) is 0.526. The first-order valence-electron chi connectivity index (χ1n) is 4.43. The highest BCUT2D eigenvalue weighted by Crippen LogP contribution is 1.98. The molecule has 0 bridgehead atoms. The van der Waals surface area contributed by atoms with Crippen LogP contribution in [0.2, 0.25) is 0 Å². The summed E-state index contributed by atoms with van der Waals surface area (Å²) in [5, 5.41) is 0. The van der Waals surface area contributed by atoms with Gasteiger partial charge in [0.25, 0.3) is 0 Å². The van der Waals surface area contributed by atoms with Crippen molar-refractivity contribution in [2.45, 2.75) is 34.1 Å². The average molecular weight is 173 g/mol. The van der Waals surface area contributed by atoms with Crippen LogP contribution < -0.4 is 5.48 Å². The smallest absolute Gasteiger partial charge is 0.243 e. The first-order valence-corrected chi connectivity index (χ1v) is 4.43. The molecule has 0 aliphatic heterocycles. The molecule has 0 aromatic heterocycles. The molecule has 3 nitrogen and oxygen atoms in total. The third-order valence-corrected chi connectivity index (χ3v) is 1.20. The number of carbonyl (C=O) groups is 1. The van der Waals surface area contributed by atoms with Gasteiger partial charge >= 0.3 is 0 Å². The van der Waals surface area contributed by atoms with E-state index in [9.17, 15) is 4.79 Å². The Labute approximate surface area is 74.4 Å². The van der Waals surface area contributed by atoms with E-state index in [0.717, 1.165) is 0 Å². The van der Waals surface area contributed by atoms with Crippen LogP contribution in [0.15, 0.2) is 0 Å². The van der Waals surface area contributed by atoms with E-state index in [2.05, 4.69) is 5.48 Å². The first-order chi connectivity index (χ1) is 5.52. The maximum absolute atomic E-state index is 11.0. The van der Waals surface area contributed by atoms with Crippen LogP contribution in [0, 0.1) is 11.8 Å². The molecule has 0 spiro atoms. The quantitative estimate of drug-likeness (QED) is 0.643. The lowest BCUT2D eigenvalue weighted by molar-refractivity contribution is -0.135. The van der Waals surface area contributed by atoms with Crippen LogP contribution in [0.25, 0.3) is 0 Å². The summed E-state index contributed by atoms with van der Waals surface area (Å²) in [6.45, 7) is 8.65. The molecule has 0 rings (SSSR count). The summed E-state index contributed by atoms with van der Waals surface area (Å²) in [6, 6.07) is 0. The Balaban J connectivity index is 3.32. The minimum atomic E-state index is -0.0364. The summed E-state index contributed by atoms with van der Waals surface area (Å²) in [4.78, 5) is 16.0. The van der Waals surface area contributed by atoms with Crippen molar-refractivity contribution >= 4 is 5.91 Å². The molecule has 0 aliphatic rings. The molecule has 0 unspecified atom stereocenters. The Morgan fingerprint density at radius 1 is 1.25 bits per heavy atom. The first kappa shape index (κ1) is 11.4. The second kappa shape index (κ2) is 6.00. The monoisotopic (exact) mass is 173 g/mol. The number of hydrogen-bond acceptors (Lipinski definition) is 2. The number of amides is 1. The third kappa shape index (κ3) is 7.54. The fraction of sp³-hybridized carbons (Fsp3) is 0.889. The molecule has 3 heteroatoms. The van der Waals surface area contributed by atoms with Crippen molar-refractivity contribution in [2.24, 2.45) is 11.8 Å². The Bertz CT molecular complexity index is 132. The molecule has 72 valence electrons. The van der Waals surface area contributed by atoms with Crippen molar-refractivity contribution in [3.63, 3.8) is 0 Å². The second-order valence-corrected chi connectivity index (χ2v) is 3.83. The second-order valence-electron chi connectivity index (χ2n) is 3.83. The minimum absolute atomic E-state index is 0.0364. The Hall–Kier alpha value is -0.570. The molecule has 0 aromatic carbocycles. The topological polar surface area (TPSA) is 38.3 Å². The van der Waals surface area contributed by atoms with Gasteiger partial charge in [-0.1, -0.05) is 27.7 Å². The zero-order valence-corrected chi connectivity index (χ0v) is 8.39. The normalized spacial score (nSPS) is 10.8. The Kier molecular flexibility index (Phi) is 5.72. The van der Waals surface area contributed by atoms with Crippen LogP contribution in [0.1, 0.15) is 34.1 Å². The van der Waals surface area contributed by atoms with Crippen LogP contribution in [-0.2, 0) is 9.63 Å². The van der Waals surface area contributed by atoms with Gasteiger partial charge in [-0.05, 0) is 11.8 Å². The summed E-state index contributed by atoms with van der Waals surface area (Å²) in [7, 11) is 0. The van der Waals surface area contributed by atoms with Gasteiger partial charge in [0.2, 0.25) is 5.91 Å². The van der Waals surface area contributed by atoms with Crippen LogP contribution in [-0.4, -0.2) is 12.5 Å². The van der Waals surface area contributed by atoms with Crippen molar-refractivity contribution in [3.05, 3.63) is 0 Å². The van der Waals surface area contributed by atoms with E-state index in [-0.39, 0.29) is 5.91 Å². The van der Waals surface area contributed by atoms with E-state index in [1.54, 1.807) is 0 Å². The van der Waals surface area contributed by atoms with Crippen molar-refractivity contribution in [3.8, 4) is 0 Å². The van der Waals surface area contributed by atoms with Gasteiger partial charge in [-0.15, -0.1) is 0 Å². The van der Waals surface area contributed by atoms with Gasteiger partial charge in [0.15, 0.2) is 0 Å². The van der Waals surface area contributed by atoms with E-state index in [1.165, 1.54) is 0 Å².